The van der Waals surface area contributed by atoms with Gasteiger partial charge in [0.2, 0.25) is 0 Å². The number of aliphatic hydroxyl groups excluding tert-OH is 1. The Bertz CT molecular complexity index is 2500. The first-order valence-corrected chi connectivity index (χ1v) is 22.4. The molecule has 1 N–H and O–H groups in total. The number of hydrogen-bond acceptors (Lipinski definition) is 8. The van der Waals surface area contributed by atoms with E-state index in [4.69, 9.17) is 23.7 Å². The molecule has 8 rings (SSSR count). The minimum Gasteiger partial charge on any atom is -0.448 e. The Morgan fingerprint density at radius 2 is 0.894 bits per heavy atom. The fourth-order valence-electron chi connectivity index (χ4n) is 8.53. The van der Waals surface area contributed by atoms with Crippen molar-refractivity contribution in [1.29, 1.82) is 0 Å². The maximum absolute atomic E-state index is 14.9. The highest BCUT2D eigenvalue weighted by atomic mass is 16.6. The van der Waals surface area contributed by atoms with Crippen molar-refractivity contribution in [2.75, 3.05) is 13.2 Å². The second kappa shape index (κ2) is 23.5. The smallest absolute Gasteiger partial charge is 0.410 e. The summed E-state index contributed by atoms with van der Waals surface area (Å²) in [5.41, 5.74) is 8.57. The molecule has 7 aromatic carbocycles. The van der Waals surface area contributed by atoms with Crippen molar-refractivity contribution in [3.63, 3.8) is 0 Å². The number of aliphatic hydroxyl groups is 1. The topological polar surface area (TPSA) is 104 Å². The van der Waals surface area contributed by atoms with Crippen molar-refractivity contribution < 1.29 is 38.4 Å². The molecule has 9 heteroatoms. The van der Waals surface area contributed by atoms with E-state index in [1.165, 1.54) is 4.90 Å². The van der Waals surface area contributed by atoms with Crippen LogP contribution in [0.25, 0.3) is 11.1 Å². The summed E-state index contributed by atoms with van der Waals surface area (Å²) in [6.45, 7) is 0.395. The number of hydrogen-bond donors (Lipinski definition) is 1. The quantitative estimate of drug-likeness (QED) is 0.0634. The zero-order valence-corrected chi connectivity index (χ0v) is 36.8. The Morgan fingerprint density at radius 1 is 0.500 bits per heavy atom. The highest BCUT2D eigenvalue weighted by Gasteiger charge is 2.45. The van der Waals surface area contributed by atoms with Crippen LogP contribution in [0.5, 0.6) is 0 Å². The number of carbonyl (C=O) groups is 2. The molecule has 9 nitrogen and oxygen atoms in total. The van der Waals surface area contributed by atoms with E-state index in [-0.39, 0.29) is 52.1 Å². The van der Waals surface area contributed by atoms with Gasteiger partial charge in [0.25, 0.3) is 0 Å². The lowest BCUT2D eigenvalue weighted by Gasteiger charge is -2.41. The van der Waals surface area contributed by atoms with E-state index >= 15 is 0 Å². The number of benzene rings is 7. The third-order valence-corrected chi connectivity index (χ3v) is 11.9. The van der Waals surface area contributed by atoms with Gasteiger partial charge in [-0.3, -0.25) is 4.90 Å². The maximum Gasteiger partial charge on any atom is 0.410 e. The molecule has 0 radical (unpaired) electrons. The molecule has 0 unspecified atom stereocenters. The third kappa shape index (κ3) is 11.9. The second-order valence-corrected chi connectivity index (χ2v) is 16.4. The van der Waals surface area contributed by atoms with Gasteiger partial charge >= 0.3 is 6.09 Å². The number of carbonyl (C=O) groups excluding carboxylic acids is 2. The Labute approximate surface area is 387 Å². The first-order chi connectivity index (χ1) is 32.6. The van der Waals surface area contributed by atoms with Gasteiger partial charge in [0.05, 0.1) is 33.0 Å². The van der Waals surface area contributed by atoms with E-state index in [0.29, 0.717) is 6.29 Å². The van der Waals surface area contributed by atoms with Crippen LogP contribution in [-0.2, 0) is 61.5 Å². The van der Waals surface area contributed by atoms with Crippen molar-refractivity contribution in [3.05, 3.63) is 239 Å². The molecule has 66 heavy (non-hydrogen) atoms. The standard InChI is InChI=1S/C57H55NO8/c59-35-52(58(34-42-20-6-1-7-21-42)57(61)66-40-51-49-32-18-16-30-47(49)48-31-17-19-33-50(48)51)54(63-37-44-24-10-3-11-25-44)56(65-39-46-28-14-5-15-29-46)55(64-38-45-26-12-4-13-27-45)53(60)41-62-36-43-22-8-2-9-23-43/h1-33,35,51-56,60H,34,36-41H2/t52-,53-,54+,55-,56-/m1/s1. The SMILES string of the molecule is O=C[C@H]([C@H](OCc1ccccc1)[C@@H](OCc1ccccc1)[C@H](OCc1ccccc1)[C@H](O)COCc1ccccc1)N(Cc1ccccc1)C(=O)OCC1c2ccccc2-c2ccccc21. The molecule has 7 aromatic rings. The van der Waals surface area contributed by atoms with E-state index in [2.05, 4.69) is 24.3 Å². The fourth-order valence-corrected chi connectivity index (χ4v) is 8.53. The van der Waals surface area contributed by atoms with Crippen molar-refractivity contribution >= 4 is 12.4 Å². The molecule has 0 aromatic heterocycles. The molecule has 1 aliphatic rings. The molecule has 0 aliphatic heterocycles. The first-order valence-electron chi connectivity index (χ1n) is 22.4. The summed E-state index contributed by atoms with van der Waals surface area (Å²) < 4.78 is 33.0. The van der Waals surface area contributed by atoms with Crippen LogP contribution in [0.1, 0.15) is 44.9 Å². The van der Waals surface area contributed by atoms with Crippen LogP contribution in [0, 0.1) is 0 Å². The zero-order valence-electron chi connectivity index (χ0n) is 36.8. The lowest BCUT2D eigenvalue weighted by Crippen LogP contribution is -2.59. The van der Waals surface area contributed by atoms with Gasteiger partial charge in [-0.25, -0.2) is 4.79 Å². The van der Waals surface area contributed by atoms with Crippen LogP contribution < -0.4 is 0 Å². The van der Waals surface area contributed by atoms with Crippen LogP contribution >= 0.6 is 0 Å². The Kier molecular flexibility index (Phi) is 16.3. The van der Waals surface area contributed by atoms with E-state index in [1.807, 2.05) is 176 Å². The summed E-state index contributed by atoms with van der Waals surface area (Å²) in [6.07, 6.45) is -4.75. The van der Waals surface area contributed by atoms with Gasteiger partial charge in [0.15, 0.2) is 0 Å². The fraction of sp³-hybridized carbons (Fsp3) is 0.228. The Morgan fingerprint density at radius 3 is 1.36 bits per heavy atom. The Hall–Kier alpha value is -6.72. The summed E-state index contributed by atoms with van der Waals surface area (Å²) in [5.74, 6) is -0.219. The van der Waals surface area contributed by atoms with Gasteiger partial charge in [0.1, 0.15) is 43.4 Å². The van der Waals surface area contributed by atoms with E-state index < -0.39 is 36.6 Å². The van der Waals surface area contributed by atoms with Gasteiger partial charge in [-0.2, -0.15) is 0 Å². The van der Waals surface area contributed by atoms with Gasteiger partial charge in [-0.15, -0.1) is 0 Å². The molecule has 0 fully saturated rings. The average Bonchev–Trinajstić information content (AvgIpc) is 3.70. The summed E-state index contributed by atoms with van der Waals surface area (Å²) >= 11 is 0. The Balaban J connectivity index is 1.17. The molecule has 1 amide bonds. The minimum absolute atomic E-state index is 0.00972. The van der Waals surface area contributed by atoms with Gasteiger partial charge in [-0.05, 0) is 50.1 Å². The molecular formula is C57H55NO8. The number of amides is 1. The van der Waals surface area contributed by atoms with Crippen molar-refractivity contribution in [2.24, 2.45) is 0 Å². The maximum atomic E-state index is 14.9. The number of rotatable bonds is 23. The van der Waals surface area contributed by atoms with E-state index in [0.717, 1.165) is 50.1 Å². The van der Waals surface area contributed by atoms with E-state index in [1.54, 1.807) is 0 Å². The highest BCUT2D eigenvalue weighted by molar-refractivity contribution is 5.79. The number of aldehydes is 1. The predicted molar refractivity (Wildman–Crippen MR) is 254 cm³/mol. The summed E-state index contributed by atoms with van der Waals surface area (Å²) in [5, 5.41) is 12.3. The zero-order chi connectivity index (χ0) is 45.3. The summed E-state index contributed by atoms with van der Waals surface area (Å²) in [7, 11) is 0. The molecule has 1 aliphatic carbocycles. The molecule has 0 spiro atoms. The second-order valence-electron chi connectivity index (χ2n) is 16.4. The lowest BCUT2D eigenvalue weighted by atomic mass is 9.95. The molecular weight excluding hydrogens is 827 g/mol. The number of ether oxygens (including phenoxy) is 5. The average molecular weight is 882 g/mol. The molecule has 0 bridgehead atoms. The molecule has 0 saturated carbocycles. The normalized spacial score (nSPS) is 14.3. The van der Waals surface area contributed by atoms with E-state index in [9.17, 15) is 14.7 Å². The van der Waals surface area contributed by atoms with Crippen LogP contribution in [0.4, 0.5) is 4.79 Å². The van der Waals surface area contributed by atoms with Crippen LogP contribution in [0.3, 0.4) is 0 Å². The lowest BCUT2D eigenvalue weighted by molar-refractivity contribution is -0.197. The predicted octanol–water partition coefficient (Wildman–Crippen LogP) is 10.3. The van der Waals surface area contributed by atoms with Gasteiger partial charge in [0, 0.05) is 12.5 Å². The van der Waals surface area contributed by atoms with Gasteiger partial charge < -0.3 is 33.6 Å². The highest BCUT2D eigenvalue weighted by Crippen LogP contribution is 2.44. The monoisotopic (exact) mass is 881 g/mol. The largest absolute Gasteiger partial charge is 0.448 e. The number of nitrogens with zero attached hydrogens (tertiary/aromatic N) is 1. The van der Waals surface area contributed by atoms with Crippen molar-refractivity contribution in [3.8, 4) is 11.1 Å². The molecule has 0 heterocycles. The van der Waals surface area contributed by atoms with Crippen LogP contribution in [0.2, 0.25) is 0 Å². The van der Waals surface area contributed by atoms with Gasteiger partial charge in [-0.1, -0.05) is 200 Å². The molecule has 0 saturated heterocycles. The number of fused-ring (bicyclic) bond motifs is 3. The van der Waals surface area contributed by atoms with Crippen LogP contribution in [0.15, 0.2) is 200 Å². The van der Waals surface area contributed by atoms with Crippen molar-refractivity contribution in [2.45, 2.75) is 69.3 Å². The summed E-state index contributed by atoms with van der Waals surface area (Å²) in [6, 6.07) is 63.0. The minimum atomic E-state index is -1.30. The molecule has 336 valence electrons. The van der Waals surface area contributed by atoms with Crippen LogP contribution in [-0.4, -0.2) is 66.1 Å². The first kappa shape index (κ1) is 45.8. The molecule has 5 atom stereocenters. The third-order valence-electron chi connectivity index (χ3n) is 11.9. The summed E-state index contributed by atoms with van der Waals surface area (Å²) in [4.78, 5) is 30.4. The van der Waals surface area contributed by atoms with Crippen molar-refractivity contribution in [1.82, 2.24) is 4.90 Å².